The number of anilines is 1. The van der Waals surface area contributed by atoms with Crippen molar-refractivity contribution in [2.75, 3.05) is 25.0 Å². The number of nitrogens with zero attached hydrogens (tertiary/aromatic N) is 3. The molecule has 1 aromatic heterocycles. The van der Waals surface area contributed by atoms with E-state index in [9.17, 15) is 14.7 Å². The lowest BCUT2D eigenvalue weighted by molar-refractivity contribution is -0.142. The summed E-state index contributed by atoms with van der Waals surface area (Å²) in [6.45, 7) is 12.3. The highest BCUT2D eigenvalue weighted by atomic mass is 16.4. The molecular formula is C26H37N5O3. The lowest BCUT2D eigenvalue weighted by Crippen LogP contribution is -2.53. The highest BCUT2D eigenvalue weighted by Crippen LogP contribution is 2.25. The molecule has 0 bridgehead atoms. The summed E-state index contributed by atoms with van der Waals surface area (Å²) < 4.78 is 0. The fourth-order valence-electron chi connectivity index (χ4n) is 4.11. The maximum Gasteiger partial charge on any atom is 0.307 e. The van der Waals surface area contributed by atoms with Crippen LogP contribution in [0.3, 0.4) is 0 Å². The van der Waals surface area contributed by atoms with Crippen LogP contribution in [0.1, 0.15) is 62.8 Å². The van der Waals surface area contributed by atoms with E-state index in [1.54, 1.807) is 11.1 Å². The molecule has 2 heterocycles. The van der Waals surface area contributed by atoms with Gasteiger partial charge in [0.1, 0.15) is 17.2 Å². The van der Waals surface area contributed by atoms with Gasteiger partial charge < -0.3 is 20.6 Å². The standard InChI is InChI=1S/C26H37N5O3/c1-17(2)16-31(20-11-19(24(33)34)13-27-14-20)23(32)21-15-29-25(26(3,4)5)30-22(21)28-12-18-9-7-6-8-10-18/h6-10,15,17,19-20,27H,11-14,16H2,1-5H3,(H,33,34)(H,28,29,30). The fraction of sp³-hybridized carbons (Fsp3) is 0.538. The Kier molecular flexibility index (Phi) is 8.25. The SMILES string of the molecule is CC(C)CN(C(=O)c1cnc(C(C)(C)C)nc1NCc1ccccc1)C1CNCC(C(=O)O)C1. The highest BCUT2D eigenvalue weighted by Gasteiger charge is 2.34. The van der Waals surface area contributed by atoms with E-state index < -0.39 is 11.9 Å². The summed E-state index contributed by atoms with van der Waals surface area (Å²) >= 11 is 0. The maximum absolute atomic E-state index is 13.9. The molecule has 1 aromatic carbocycles. The smallest absolute Gasteiger partial charge is 0.307 e. The zero-order valence-corrected chi connectivity index (χ0v) is 20.8. The normalized spacial score (nSPS) is 18.5. The van der Waals surface area contributed by atoms with Gasteiger partial charge in [0, 0.05) is 43.8 Å². The number of carbonyl (C=O) groups is 2. The van der Waals surface area contributed by atoms with Gasteiger partial charge in [-0.1, -0.05) is 65.0 Å². The van der Waals surface area contributed by atoms with Crippen LogP contribution in [0.25, 0.3) is 0 Å². The second-order valence-electron chi connectivity index (χ2n) is 10.5. The summed E-state index contributed by atoms with van der Waals surface area (Å²) in [6, 6.07) is 9.74. The Hall–Kier alpha value is -3.00. The summed E-state index contributed by atoms with van der Waals surface area (Å²) in [7, 11) is 0. The molecular weight excluding hydrogens is 430 g/mol. The van der Waals surface area contributed by atoms with E-state index in [4.69, 9.17) is 4.98 Å². The predicted octanol–water partition coefficient (Wildman–Crippen LogP) is 3.55. The molecule has 184 valence electrons. The van der Waals surface area contributed by atoms with Crippen LogP contribution in [-0.2, 0) is 16.8 Å². The first kappa shape index (κ1) is 25.6. The third kappa shape index (κ3) is 6.53. The molecule has 2 atom stereocenters. The minimum absolute atomic E-state index is 0.178. The van der Waals surface area contributed by atoms with Gasteiger partial charge in [0.15, 0.2) is 0 Å². The number of aliphatic carboxylic acids is 1. The number of carbonyl (C=O) groups excluding carboxylic acids is 1. The molecule has 8 nitrogen and oxygen atoms in total. The third-order valence-corrected chi connectivity index (χ3v) is 5.93. The lowest BCUT2D eigenvalue weighted by Gasteiger charge is -2.38. The first-order valence-corrected chi connectivity index (χ1v) is 12.0. The molecule has 1 aliphatic heterocycles. The second kappa shape index (κ2) is 11.0. The molecule has 0 saturated carbocycles. The van der Waals surface area contributed by atoms with Crippen LogP contribution < -0.4 is 10.6 Å². The Balaban J connectivity index is 1.94. The van der Waals surface area contributed by atoms with Gasteiger partial charge in [-0.2, -0.15) is 0 Å². The largest absolute Gasteiger partial charge is 0.481 e. The number of rotatable bonds is 8. The molecule has 0 radical (unpaired) electrons. The highest BCUT2D eigenvalue weighted by molar-refractivity contribution is 5.98. The van der Waals surface area contributed by atoms with Crippen molar-refractivity contribution >= 4 is 17.7 Å². The Labute approximate surface area is 202 Å². The van der Waals surface area contributed by atoms with Crippen molar-refractivity contribution in [3.8, 4) is 0 Å². The van der Waals surface area contributed by atoms with Gasteiger partial charge in [0.25, 0.3) is 5.91 Å². The number of piperidine rings is 1. The summed E-state index contributed by atoms with van der Waals surface area (Å²) in [5.74, 6) is -0.151. The molecule has 1 amide bonds. The molecule has 3 rings (SSSR count). The minimum atomic E-state index is -0.836. The first-order chi connectivity index (χ1) is 16.1. The van der Waals surface area contributed by atoms with Crippen LogP contribution in [0.4, 0.5) is 5.82 Å². The van der Waals surface area contributed by atoms with Crippen molar-refractivity contribution in [1.29, 1.82) is 0 Å². The summed E-state index contributed by atoms with van der Waals surface area (Å²) in [4.78, 5) is 36.6. The van der Waals surface area contributed by atoms with Crippen molar-refractivity contribution in [2.24, 2.45) is 11.8 Å². The van der Waals surface area contributed by atoms with Crippen molar-refractivity contribution in [2.45, 2.75) is 59.0 Å². The number of carboxylic acid groups (broad SMARTS) is 1. The van der Waals surface area contributed by atoms with E-state index in [0.29, 0.717) is 49.8 Å². The molecule has 2 aromatic rings. The van der Waals surface area contributed by atoms with Crippen molar-refractivity contribution in [1.82, 2.24) is 20.2 Å². The van der Waals surface area contributed by atoms with Crippen molar-refractivity contribution < 1.29 is 14.7 Å². The number of aromatic nitrogens is 2. The van der Waals surface area contributed by atoms with Gasteiger partial charge >= 0.3 is 5.97 Å². The van der Waals surface area contributed by atoms with E-state index >= 15 is 0 Å². The van der Waals surface area contributed by atoms with Gasteiger partial charge in [0.05, 0.1) is 5.92 Å². The Bertz CT molecular complexity index is 988. The summed E-state index contributed by atoms with van der Waals surface area (Å²) in [6.07, 6.45) is 2.04. The van der Waals surface area contributed by atoms with Crippen LogP contribution in [0, 0.1) is 11.8 Å². The average molecular weight is 468 g/mol. The number of hydrogen-bond donors (Lipinski definition) is 3. The van der Waals surface area contributed by atoms with Crippen LogP contribution in [0.15, 0.2) is 36.5 Å². The zero-order valence-electron chi connectivity index (χ0n) is 20.8. The van der Waals surface area contributed by atoms with Gasteiger partial charge in [-0.25, -0.2) is 9.97 Å². The topological polar surface area (TPSA) is 107 Å². The molecule has 1 fully saturated rings. The number of amides is 1. The predicted molar refractivity (Wildman–Crippen MR) is 133 cm³/mol. The average Bonchev–Trinajstić information content (AvgIpc) is 2.80. The maximum atomic E-state index is 13.9. The van der Waals surface area contributed by atoms with Gasteiger partial charge in [-0.05, 0) is 17.9 Å². The second-order valence-corrected chi connectivity index (χ2v) is 10.5. The number of carboxylic acids is 1. The zero-order chi connectivity index (χ0) is 24.9. The summed E-state index contributed by atoms with van der Waals surface area (Å²) in [5, 5.41) is 16.1. The van der Waals surface area contributed by atoms with E-state index in [1.807, 2.05) is 51.1 Å². The quantitative estimate of drug-likeness (QED) is 0.545. The van der Waals surface area contributed by atoms with Gasteiger partial charge in [0.2, 0.25) is 0 Å². The minimum Gasteiger partial charge on any atom is -0.481 e. The first-order valence-electron chi connectivity index (χ1n) is 12.0. The van der Waals surface area contributed by atoms with Crippen LogP contribution in [0.5, 0.6) is 0 Å². The number of hydrogen-bond acceptors (Lipinski definition) is 6. The van der Waals surface area contributed by atoms with Gasteiger partial charge in [-0.15, -0.1) is 0 Å². The fourth-order valence-corrected chi connectivity index (χ4v) is 4.11. The molecule has 1 aliphatic rings. The molecule has 2 unspecified atom stereocenters. The summed E-state index contributed by atoms with van der Waals surface area (Å²) in [5.41, 5.74) is 1.21. The van der Waals surface area contributed by atoms with E-state index in [-0.39, 0.29) is 23.3 Å². The Morgan fingerprint density at radius 3 is 2.53 bits per heavy atom. The number of benzene rings is 1. The Morgan fingerprint density at radius 1 is 1.21 bits per heavy atom. The third-order valence-electron chi connectivity index (χ3n) is 5.93. The molecule has 1 saturated heterocycles. The lowest BCUT2D eigenvalue weighted by atomic mass is 9.93. The van der Waals surface area contributed by atoms with E-state index in [0.717, 1.165) is 5.56 Å². The van der Waals surface area contributed by atoms with Crippen molar-refractivity contribution in [3.05, 3.63) is 53.5 Å². The van der Waals surface area contributed by atoms with Crippen LogP contribution in [0.2, 0.25) is 0 Å². The molecule has 8 heteroatoms. The van der Waals surface area contributed by atoms with E-state index in [2.05, 4.69) is 29.5 Å². The van der Waals surface area contributed by atoms with Crippen molar-refractivity contribution in [3.63, 3.8) is 0 Å². The molecule has 3 N–H and O–H groups in total. The van der Waals surface area contributed by atoms with Crippen LogP contribution >= 0.6 is 0 Å². The van der Waals surface area contributed by atoms with Crippen LogP contribution in [-0.4, -0.2) is 57.5 Å². The Morgan fingerprint density at radius 2 is 1.91 bits per heavy atom. The van der Waals surface area contributed by atoms with Gasteiger partial charge in [-0.3, -0.25) is 9.59 Å². The molecule has 0 spiro atoms. The molecule has 0 aliphatic carbocycles. The monoisotopic (exact) mass is 467 g/mol. The molecule has 34 heavy (non-hydrogen) atoms. The van der Waals surface area contributed by atoms with E-state index in [1.165, 1.54) is 0 Å². The number of nitrogens with one attached hydrogen (secondary N) is 2.